The number of benzene rings is 5. The number of hydrogen-bond donors (Lipinski definition) is 0. The third-order valence-electron chi connectivity index (χ3n) is 8.89. The van der Waals surface area contributed by atoms with Crippen LogP contribution in [0.3, 0.4) is 0 Å². The summed E-state index contributed by atoms with van der Waals surface area (Å²) in [5.41, 5.74) is 8.25. The molecule has 8 rings (SSSR count). The Bertz CT molecular complexity index is 2170. The van der Waals surface area contributed by atoms with E-state index in [0.717, 1.165) is 57.1 Å². The predicted molar refractivity (Wildman–Crippen MR) is 254 cm³/mol. The third kappa shape index (κ3) is 13.9. The molecule has 0 spiro atoms. The Labute approximate surface area is 354 Å². The fourth-order valence-electron chi connectivity index (χ4n) is 6.42. The van der Waals surface area contributed by atoms with Gasteiger partial charge in [-0.05, 0) is 46.5 Å². The summed E-state index contributed by atoms with van der Waals surface area (Å²) in [4.78, 5) is 29.8. The van der Waals surface area contributed by atoms with Crippen molar-refractivity contribution < 1.29 is 9.59 Å². The van der Waals surface area contributed by atoms with Crippen molar-refractivity contribution in [1.82, 2.24) is 14.1 Å². The number of carbonyl (C=O) groups is 2. The molecule has 0 atom stereocenters. The molecule has 3 aromatic heterocycles. The van der Waals surface area contributed by atoms with Gasteiger partial charge in [0.2, 0.25) is 0 Å². The highest BCUT2D eigenvalue weighted by Gasteiger charge is 2.17. The number of para-hydroxylation sites is 2. The van der Waals surface area contributed by atoms with Crippen molar-refractivity contribution in [3.63, 3.8) is 0 Å². The maximum absolute atomic E-state index is 12.9. The summed E-state index contributed by atoms with van der Waals surface area (Å²) in [6.45, 7) is 17.5. The van der Waals surface area contributed by atoms with E-state index in [1.54, 1.807) is 12.4 Å². The summed E-state index contributed by atoms with van der Waals surface area (Å²) < 4.78 is 4.33. The second-order valence-corrected chi connectivity index (χ2v) is 12.4. The Morgan fingerprint density at radius 1 is 0.407 bits per heavy atom. The summed E-state index contributed by atoms with van der Waals surface area (Å²) in [7, 11) is 0. The lowest BCUT2D eigenvalue weighted by Crippen LogP contribution is -2.03. The number of aromatic nitrogens is 3. The Morgan fingerprint density at radius 3 is 1.08 bits per heavy atom. The average Bonchev–Trinajstić information content (AvgIpc) is 3.86. The maximum atomic E-state index is 12.9. The van der Waals surface area contributed by atoms with Gasteiger partial charge in [0.15, 0.2) is 11.6 Å². The molecule has 0 N–H and O–H groups in total. The minimum atomic E-state index is 0. The SMILES string of the molecule is C.CC.CC.CC.CC.O=C(Cc1ccccc1)c1cn(Cc2ccccc2)c2ccccc12.O=C(Cc1ccncc1)c1cn(Cc2ccccc2)c2ccccc12. The average molecular weight is 788 g/mol. The van der Waals surface area contributed by atoms with Crippen LogP contribution in [0.25, 0.3) is 21.8 Å². The number of nitrogens with zero attached hydrogens (tertiary/aromatic N) is 3. The summed E-state index contributed by atoms with van der Waals surface area (Å²) in [5, 5.41) is 2.04. The van der Waals surface area contributed by atoms with Crippen LogP contribution in [0.4, 0.5) is 0 Å². The molecule has 0 radical (unpaired) electrons. The van der Waals surface area contributed by atoms with E-state index in [9.17, 15) is 9.59 Å². The molecule has 308 valence electrons. The van der Waals surface area contributed by atoms with Gasteiger partial charge in [0.05, 0.1) is 0 Å². The minimum absolute atomic E-state index is 0. The third-order valence-corrected chi connectivity index (χ3v) is 8.89. The van der Waals surface area contributed by atoms with Crippen LogP contribution in [0.1, 0.15) is 106 Å². The van der Waals surface area contributed by atoms with Gasteiger partial charge in [-0.2, -0.15) is 0 Å². The Balaban J connectivity index is 0.000000343. The summed E-state index contributed by atoms with van der Waals surface area (Å²) in [5.74, 6) is 0.295. The quantitative estimate of drug-likeness (QED) is 0.130. The molecule has 5 nitrogen and oxygen atoms in total. The molecule has 0 aliphatic heterocycles. The van der Waals surface area contributed by atoms with Gasteiger partial charge in [0, 0.05) is 83.7 Å². The highest BCUT2D eigenvalue weighted by molar-refractivity contribution is 6.09. The van der Waals surface area contributed by atoms with Gasteiger partial charge in [0.1, 0.15) is 0 Å². The molecule has 59 heavy (non-hydrogen) atoms. The van der Waals surface area contributed by atoms with Crippen LogP contribution in [-0.2, 0) is 25.9 Å². The van der Waals surface area contributed by atoms with Gasteiger partial charge in [-0.1, -0.05) is 190 Å². The van der Waals surface area contributed by atoms with Crippen LogP contribution in [0.15, 0.2) is 176 Å². The number of rotatable bonds is 10. The van der Waals surface area contributed by atoms with E-state index in [2.05, 4.69) is 50.5 Å². The van der Waals surface area contributed by atoms with Crippen LogP contribution >= 0.6 is 0 Å². The minimum Gasteiger partial charge on any atom is -0.342 e. The first-order valence-corrected chi connectivity index (χ1v) is 20.9. The van der Waals surface area contributed by atoms with E-state index < -0.39 is 0 Å². The number of carbonyl (C=O) groups excluding carboxylic acids is 2. The molecule has 0 aliphatic carbocycles. The first-order chi connectivity index (χ1) is 28.6. The van der Waals surface area contributed by atoms with E-state index in [-0.39, 0.29) is 19.0 Å². The van der Waals surface area contributed by atoms with Crippen LogP contribution in [-0.4, -0.2) is 25.7 Å². The normalized spacial score (nSPS) is 9.63. The maximum Gasteiger partial charge on any atom is 0.169 e. The highest BCUT2D eigenvalue weighted by Crippen LogP contribution is 2.25. The fraction of sp³-hybridized carbons (Fsp3) is 0.241. The molecule has 0 aliphatic rings. The van der Waals surface area contributed by atoms with Gasteiger partial charge < -0.3 is 9.13 Å². The fourth-order valence-corrected chi connectivity index (χ4v) is 6.42. The molecule has 0 saturated carbocycles. The van der Waals surface area contributed by atoms with E-state index >= 15 is 0 Å². The van der Waals surface area contributed by atoms with Crippen LogP contribution < -0.4 is 0 Å². The van der Waals surface area contributed by atoms with Crippen molar-refractivity contribution in [2.24, 2.45) is 0 Å². The second-order valence-electron chi connectivity index (χ2n) is 12.4. The Kier molecular flexibility index (Phi) is 22.6. The van der Waals surface area contributed by atoms with Crippen molar-refractivity contribution in [1.29, 1.82) is 0 Å². The van der Waals surface area contributed by atoms with Crippen LogP contribution in [0.5, 0.6) is 0 Å². The Hall–Kier alpha value is -6.33. The smallest absolute Gasteiger partial charge is 0.169 e. The molecule has 0 unspecified atom stereocenters. The molecule has 0 amide bonds. The molecule has 0 bridgehead atoms. The molecule has 5 aromatic carbocycles. The number of hydrogen-bond acceptors (Lipinski definition) is 3. The lowest BCUT2D eigenvalue weighted by atomic mass is 10.0. The van der Waals surface area contributed by atoms with Crippen molar-refractivity contribution >= 4 is 33.4 Å². The molecular formula is C54H65N3O2. The first kappa shape index (κ1) is 48.8. The second kappa shape index (κ2) is 27.3. The summed E-state index contributed by atoms with van der Waals surface area (Å²) in [6.07, 6.45) is 8.26. The number of ketones is 2. The van der Waals surface area contributed by atoms with Crippen molar-refractivity contribution in [2.45, 2.75) is 88.7 Å². The number of Topliss-reactive ketones (excluding diaryl/α,β-unsaturated/α-hetero) is 2. The van der Waals surface area contributed by atoms with Gasteiger partial charge in [-0.15, -0.1) is 0 Å². The van der Waals surface area contributed by atoms with E-state index in [0.29, 0.717) is 12.8 Å². The molecule has 8 aromatic rings. The lowest BCUT2D eigenvalue weighted by Gasteiger charge is -2.05. The molecule has 3 heterocycles. The topological polar surface area (TPSA) is 56.9 Å². The van der Waals surface area contributed by atoms with Gasteiger partial charge >= 0.3 is 0 Å². The summed E-state index contributed by atoms with van der Waals surface area (Å²) in [6, 6.07) is 50.6. The lowest BCUT2D eigenvalue weighted by molar-refractivity contribution is 0.0986. The standard InChI is InChI=1S/C23H19NO.C22H18N2O.4C2H6.CH4/c25-23(15-18-9-3-1-4-10-18)21-17-24(16-19-11-5-2-6-12-19)22-14-8-7-13-20(21)22;25-22(14-17-10-12-23-13-11-17)20-16-24(15-18-6-2-1-3-7-18)21-9-5-4-8-19(20)21;4*1-2;/h1-14,17H,15-16H2;1-13,16H,14-15H2;4*1-2H3;1H4. The van der Waals surface area contributed by atoms with E-state index in [4.69, 9.17) is 0 Å². The van der Waals surface area contributed by atoms with Crippen LogP contribution in [0.2, 0.25) is 0 Å². The highest BCUT2D eigenvalue weighted by atomic mass is 16.1. The van der Waals surface area contributed by atoms with E-state index in [1.165, 1.54) is 11.1 Å². The van der Waals surface area contributed by atoms with Gasteiger partial charge in [0.25, 0.3) is 0 Å². The van der Waals surface area contributed by atoms with Crippen molar-refractivity contribution in [3.8, 4) is 0 Å². The molecular weight excluding hydrogens is 723 g/mol. The first-order valence-electron chi connectivity index (χ1n) is 20.9. The number of fused-ring (bicyclic) bond motifs is 2. The van der Waals surface area contributed by atoms with Gasteiger partial charge in [-0.3, -0.25) is 14.6 Å². The largest absolute Gasteiger partial charge is 0.342 e. The molecule has 0 fully saturated rings. The van der Waals surface area contributed by atoms with Crippen LogP contribution in [0, 0.1) is 0 Å². The zero-order valence-corrected chi connectivity index (χ0v) is 35.7. The molecule has 0 saturated heterocycles. The zero-order valence-electron chi connectivity index (χ0n) is 35.7. The monoisotopic (exact) mass is 788 g/mol. The Morgan fingerprint density at radius 2 is 0.712 bits per heavy atom. The van der Waals surface area contributed by atoms with E-state index in [1.807, 2.05) is 183 Å². The predicted octanol–water partition coefficient (Wildman–Crippen LogP) is 14.4. The van der Waals surface area contributed by atoms with Crippen molar-refractivity contribution in [2.75, 3.05) is 0 Å². The summed E-state index contributed by atoms with van der Waals surface area (Å²) >= 11 is 0. The molecule has 5 heteroatoms. The zero-order chi connectivity index (χ0) is 42.1. The van der Waals surface area contributed by atoms with Crippen molar-refractivity contribution in [3.05, 3.63) is 210 Å². The number of pyridine rings is 1. The van der Waals surface area contributed by atoms with Gasteiger partial charge in [-0.25, -0.2) is 0 Å².